The second-order valence-electron chi connectivity index (χ2n) is 40.4. The first-order valence-electron chi connectivity index (χ1n) is 50.6. The largest absolute Gasteiger partial charge is 0.216 e. The fourth-order valence-corrected chi connectivity index (χ4v) is 23.4. The van der Waals surface area contributed by atoms with Gasteiger partial charge in [-0.2, -0.15) is 13.7 Å². The molecular weight excluding hydrogens is 1750 g/mol. The van der Waals surface area contributed by atoms with Crippen molar-refractivity contribution < 1.29 is 45.7 Å². The van der Waals surface area contributed by atoms with Crippen molar-refractivity contribution in [2.45, 2.75) is 94.4 Å². The number of aryl methyl sites for hydroxylation is 11. The zero-order valence-corrected chi connectivity index (χ0v) is 86.7. The molecule has 144 heavy (non-hydrogen) atoms. The normalized spacial score (nSPS) is 12.0. The van der Waals surface area contributed by atoms with Crippen LogP contribution in [-0.4, -0.2) is 0 Å². The van der Waals surface area contributed by atoms with E-state index >= 15 is 0 Å². The molecule has 0 radical (unpaired) electrons. The quantitative estimate of drug-likeness (QED) is 0.122. The summed E-state index contributed by atoms with van der Waals surface area (Å²) < 4.78 is 22.6. The Morgan fingerprint density at radius 3 is 0.750 bits per heavy atom. The highest BCUT2D eigenvalue weighted by Crippen LogP contribution is 2.46. The van der Waals surface area contributed by atoms with Gasteiger partial charge in [0.05, 0.1) is 0 Å². The van der Waals surface area contributed by atoms with Crippen LogP contribution in [0, 0.1) is 62.3 Å². The van der Waals surface area contributed by atoms with Crippen molar-refractivity contribution in [2.75, 3.05) is 0 Å². The van der Waals surface area contributed by atoms with Gasteiger partial charge in [-0.3, -0.25) is 0 Å². The van der Waals surface area contributed by atoms with E-state index in [1.54, 1.807) is 0 Å². The maximum absolute atomic E-state index is 2.39. The minimum absolute atomic E-state index is 1.02. The minimum atomic E-state index is 1.02. The summed E-state index contributed by atoms with van der Waals surface area (Å²) in [6, 6.07) is 119. The van der Waals surface area contributed by atoms with Crippen molar-refractivity contribution in [1.29, 1.82) is 0 Å². The van der Waals surface area contributed by atoms with Crippen LogP contribution in [0.2, 0.25) is 0 Å². The molecule has 5 aliphatic rings. The fraction of sp³-hybridized carbons (Fsp3) is 0.179. The maximum atomic E-state index is 2.39. The number of nitrogens with zero attached hydrogens (tertiary/aromatic N) is 10. The number of fused-ring (bicyclic) bond motifs is 15. The van der Waals surface area contributed by atoms with Gasteiger partial charge in [-0.15, -0.1) is 0 Å². The first kappa shape index (κ1) is 94.0. The molecule has 0 spiro atoms. The number of pyridine rings is 10. The minimum Gasteiger partial charge on any atom is -0.201 e. The second kappa shape index (κ2) is 39.0. The molecule has 704 valence electrons. The zero-order valence-electron chi connectivity index (χ0n) is 86.7. The smallest absolute Gasteiger partial charge is 0.201 e. The monoisotopic (exact) mass is 1880 g/mol. The van der Waals surface area contributed by atoms with E-state index in [4.69, 9.17) is 0 Å². The predicted molar refractivity (Wildman–Crippen MR) is 582 cm³/mol. The summed E-state index contributed by atoms with van der Waals surface area (Å²) in [5, 5.41) is 0. The van der Waals surface area contributed by atoms with E-state index in [2.05, 4.69) is 549 Å². The standard InChI is InChI=1S/2C28H28N2.3C26H24N2/c1-18-13-19(2)30(5)28(14-18)24-12-8-11-23(20(24)3)27-16-26-22(17-29(27)4)15-21-9-6-7-10-25(21)26;1-18-13-19(2)30(5)28(14-18)24-12-8-11-23(20(24)3)27-16-22-15-21-9-6-7-10-25(21)26(22)17-29(27)4;1-18-21(24-13-6-7-16-27(24)2)11-8-12-22(18)25-15-14-20-17-19-9-4-5-10-23(19)26(20)28(25)3;1-18-21(25-13-6-7-14-27(25)2)11-8-12-22(18)26-16-24-20(17-28(26)3)15-19-9-4-5-10-23(19)24;1-18-21(25-13-6-7-14-27(25)2)11-8-12-22(18)26-16-20-15-19-9-4-5-10-23(19)24(20)17-28(26)3/h2*6-14,16-17H,15H2,1-5H3;4-16H,17H2,1-3H3;2*4-14,16-17H,15H2,1-3H3/q5*+2. The molecular formula is C134H128N10+10. The van der Waals surface area contributed by atoms with E-state index in [1.165, 1.54) is 274 Å². The number of rotatable bonds is 10. The molecule has 0 saturated heterocycles. The van der Waals surface area contributed by atoms with Crippen LogP contribution in [0.25, 0.3) is 168 Å². The van der Waals surface area contributed by atoms with Gasteiger partial charge in [0.15, 0.2) is 54.8 Å². The number of hydrogen-bond acceptors (Lipinski definition) is 0. The van der Waals surface area contributed by atoms with Crippen molar-refractivity contribution in [2.24, 2.45) is 70.5 Å². The Morgan fingerprint density at radius 1 is 0.153 bits per heavy atom. The lowest BCUT2D eigenvalue weighted by molar-refractivity contribution is -0.666. The topological polar surface area (TPSA) is 38.8 Å². The van der Waals surface area contributed by atoms with Gasteiger partial charge < -0.3 is 0 Å². The summed E-state index contributed by atoms with van der Waals surface area (Å²) in [6.07, 6.45) is 20.6. The Hall–Kier alpha value is -16.3. The van der Waals surface area contributed by atoms with Gasteiger partial charge in [0.2, 0.25) is 62.6 Å². The molecule has 10 heteroatoms. The van der Waals surface area contributed by atoms with Crippen LogP contribution in [0.4, 0.5) is 0 Å². The van der Waals surface area contributed by atoms with Gasteiger partial charge in [0.25, 0.3) is 0 Å². The molecule has 25 rings (SSSR count). The predicted octanol–water partition coefficient (Wildman–Crippen LogP) is 24.0. The van der Waals surface area contributed by atoms with E-state index in [1.807, 2.05) is 0 Å². The summed E-state index contributed by atoms with van der Waals surface area (Å²) in [4.78, 5) is 0. The number of aromatic nitrogens is 10. The van der Waals surface area contributed by atoms with E-state index < -0.39 is 0 Å². The average Bonchev–Trinajstić information content (AvgIpc) is 1.53. The molecule has 20 aromatic rings. The SMILES string of the molecule is Cc1c(-c2cccc[n+]2C)cccc1-c1cc2c(c[n+]1C)-c1ccccc1C2.Cc1c(-c2cccc[n+]2C)cccc1-c1cc2c(c[n+]1C)Cc1ccccc1-2.Cc1c(-c2cccc[n+]2C)cccc1-c1ccc2c([n+]1C)-c1ccccc1C2.Cc1cc(C)[n+](C)c(-c2cccc(-c3cc4c(c[n+]3C)-c3ccccc3C4)c2C)c1.Cc1cc(C)[n+](C)c(-c2cccc(-c3cc4c(c[n+]3C)Cc3ccccc3-4)c2C)c1. The van der Waals surface area contributed by atoms with Gasteiger partial charge in [0.1, 0.15) is 70.5 Å². The molecule has 0 bridgehead atoms. The summed E-state index contributed by atoms with van der Waals surface area (Å²) >= 11 is 0. The van der Waals surface area contributed by atoms with Gasteiger partial charge in [-0.1, -0.05) is 146 Å². The maximum Gasteiger partial charge on any atom is 0.216 e. The Morgan fingerprint density at radius 2 is 0.410 bits per heavy atom. The molecule has 0 amide bonds. The average molecular weight is 1880 g/mol. The van der Waals surface area contributed by atoms with Crippen LogP contribution in [0.1, 0.15) is 106 Å². The van der Waals surface area contributed by atoms with Crippen molar-refractivity contribution in [3.8, 4) is 168 Å². The molecule has 5 aliphatic carbocycles. The van der Waals surface area contributed by atoms with Crippen molar-refractivity contribution in [3.63, 3.8) is 0 Å². The van der Waals surface area contributed by atoms with Crippen LogP contribution in [-0.2, 0) is 103 Å². The van der Waals surface area contributed by atoms with Gasteiger partial charge in [-0.05, 0) is 264 Å². The van der Waals surface area contributed by atoms with Crippen molar-refractivity contribution in [3.05, 3.63) is 477 Å². The van der Waals surface area contributed by atoms with Gasteiger partial charge in [0, 0.05) is 213 Å². The molecule has 0 fully saturated rings. The highest BCUT2D eigenvalue weighted by Gasteiger charge is 2.35. The van der Waals surface area contributed by atoms with E-state index in [9.17, 15) is 0 Å². The summed E-state index contributed by atoms with van der Waals surface area (Å²) in [5.74, 6) is 0. The fourth-order valence-electron chi connectivity index (χ4n) is 23.4. The molecule has 10 aromatic heterocycles. The molecule has 0 aliphatic heterocycles. The lowest BCUT2D eigenvalue weighted by atomic mass is 9.94. The van der Waals surface area contributed by atoms with Gasteiger partial charge >= 0.3 is 0 Å². The Balaban J connectivity index is 0.000000106. The molecule has 0 N–H and O–H groups in total. The van der Waals surface area contributed by atoms with Gasteiger partial charge in [-0.25, -0.2) is 32.0 Å². The van der Waals surface area contributed by atoms with Crippen LogP contribution in [0.3, 0.4) is 0 Å². The van der Waals surface area contributed by atoms with Crippen LogP contribution >= 0.6 is 0 Å². The van der Waals surface area contributed by atoms with Crippen LogP contribution < -0.4 is 45.7 Å². The molecule has 10 nitrogen and oxygen atoms in total. The Labute approximate surface area is 850 Å². The van der Waals surface area contributed by atoms with E-state index in [0.29, 0.717) is 0 Å². The Bertz CT molecular complexity index is 8510. The lowest BCUT2D eigenvalue weighted by Gasteiger charge is -2.12. The molecule has 0 unspecified atom stereocenters. The van der Waals surface area contributed by atoms with Crippen molar-refractivity contribution >= 4 is 0 Å². The number of hydrogen-bond donors (Lipinski definition) is 0. The van der Waals surface area contributed by atoms with Crippen LogP contribution in [0.15, 0.2) is 371 Å². The van der Waals surface area contributed by atoms with E-state index in [-0.39, 0.29) is 0 Å². The first-order chi connectivity index (χ1) is 69.8. The van der Waals surface area contributed by atoms with Crippen molar-refractivity contribution in [1.82, 2.24) is 0 Å². The molecule has 10 heterocycles. The molecule has 10 aromatic carbocycles. The first-order valence-corrected chi connectivity index (χ1v) is 50.6. The summed E-state index contributed by atoms with van der Waals surface area (Å²) in [5.41, 5.74) is 65.1. The summed E-state index contributed by atoms with van der Waals surface area (Å²) in [7, 11) is 21.5. The Kier molecular flexibility index (Phi) is 25.4. The number of benzene rings is 10. The second-order valence-corrected chi connectivity index (χ2v) is 40.4. The zero-order chi connectivity index (χ0) is 99.7. The third-order valence-corrected chi connectivity index (χ3v) is 31.3. The molecule has 0 saturated carbocycles. The third kappa shape index (κ3) is 17.4. The van der Waals surface area contributed by atoms with Crippen LogP contribution in [0.5, 0.6) is 0 Å². The molecule has 0 atom stereocenters. The lowest BCUT2D eigenvalue weighted by Crippen LogP contribution is -2.35. The van der Waals surface area contributed by atoms with E-state index in [0.717, 1.165) is 32.1 Å². The third-order valence-electron chi connectivity index (χ3n) is 31.3. The highest BCUT2D eigenvalue weighted by molar-refractivity contribution is 5.86. The summed E-state index contributed by atoms with van der Waals surface area (Å²) in [6.45, 7) is 19.9. The highest BCUT2D eigenvalue weighted by atomic mass is 15.0.